The molecule has 1 amide bonds. The standard InChI is InChI=1S/C15H21NO/c1-11-6-5-8-13(10-11)16-15(17)14-9-4-3-7-12(14)2/h3-4,7,9,11,13H,5-6,8,10H2,1-2H3,(H,16,17)/t11-,13+/m1/s1. The molecule has 1 aromatic carbocycles. The average Bonchev–Trinajstić information content (AvgIpc) is 2.29. The number of nitrogens with one attached hydrogen (secondary N) is 1. The Morgan fingerprint density at radius 3 is 2.76 bits per heavy atom. The van der Waals surface area contributed by atoms with Crippen LogP contribution in [0.25, 0.3) is 0 Å². The van der Waals surface area contributed by atoms with Crippen LogP contribution in [0.3, 0.4) is 0 Å². The lowest BCUT2D eigenvalue weighted by Crippen LogP contribution is -2.38. The SMILES string of the molecule is Cc1ccccc1C(=O)N[C@H]1CCC[C@@H](C)C1. The molecule has 17 heavy (non-hydrogen) atoms. The van der Waals surface area contributed by atoms with E-state index in [1.807, 2.05) is 31.2 Å². The molecule has 0 aliphatic heterocycles. The van der Waals surface area contributed by atoms with Crippen molar-refractivity contribution < 1.29 is 4.79 Å². The number of carbonyl (C=O) groups is 1. The van der Waals surface area contributed by atoms with E-state index in [1.54, 1.807) is 0 Å². The van der Waals surface area contributed by atoms with Crippen molar-refractivity contribution in [3.8, 4) is 0 Å². The van der Waals surface area contributed by atoms with Gasteiger partial charge in [-0.15, -0.1) is 0 Å². The van der Waals surface area contributed by atoms with Crippen molar-refractivity contribution in [3.63, 3.8) is 0 Å². The van der Waals surface area contributed by atoms with Gasteiger partial charge in [-0.3, -0.25) is 4.79 Å². The number of aryl methyl sites for hydroxylation is 1. The Morgan fingerprint density at radius 1 is 1.29 bits per heavy atom. The van der Waals surface area contributed by atoms with Gasteiger partial charge in [-0.1, -0.05) is 38.0 Å². The Kier molecular flexibility index (Phi) is 3.82. The summed E-state index contributed by atoms with van der Waals surface area (Å²) in [5.74, 6) is 0.827. The first-order chi connectivity index (χ1) is 8.16. The Balaban J connectivity index is 1.99. The first kappa shape index (κ1) is 12.2. The molecule has 0 saturated heterocycles. The highest BCUT2D eigenvalue weighted by Gasteiger charge is 2.21. The predicted molar refractivity (Wildman–Crippen MR) is 70.1 cm³/mol. The Hall–Kier alpha value is -1.31. The Labute approximate surface area is 103 Å². The number of carbonyl (C=O) groups excluding carboxylic acids is 1. The van der Waals surface area contributed by atoms with Gasteiger partial charge in [0.15, 0.2) is 0 Å². The Bertz CT molecular complexity index is 400. The number of hydrogen-bond donors (Lipinski definition) is 1. The Morgan fingerprint density at radius 2 is 2.06 bits per heavy atom. The summed E-state index contributed by atoms with van der Waals surface area (Å²) >= 11 is 0. The smallest absolute Gasteiger partial charge is 0.251 e. The fraction of sp³-hybridized carbons (Fsp3) is 0.533. The summed E-state index contributed by atoms with van der Waals surface area (Å²) < 4.78 is 0. The van der Waals surface area contributed by atoms with Crippen LogP contribution in [0.15, 0.2) is 24.3 Å². The predicted octanol–water partition coefficient (Wildman–Crippen LogP) is 3.30. The third-order valence-electron chi connectivity index (χ3n) is 3.66. The minimum absolute atomic E-state index is 0.0854. The largest absolute Gasteiger partial charge is 0.349 e. The van der Waals surface area contributed by atoms with Gasteiger partial charge < -0.3 is 5.32 Å². The molecule has 1 aliphatic carbocycles. The highest BCUT2D eigenvalue weighted by molar-refractivity contribution is 5.95. The van der Waals surface area contributed by atoms with Crippen LogP contribution in [0.2, 0.25) is 0 Å². The molecule has 0 aromatic heterocycles. The normalized spacial score (nSPS) is 24.4. The lowest BCUT2D eigenvalue weighted by molar-refractivity contribution is 0.0921. The van der Waals surface area contributed by atoms with Crippen LogP contribution in [0.1, 0.15) is 48.5 Å². The zero-order valence-electron chi connectivity index (χ0n) is 10.7. The summed E-state index contributed by atoms with van der Waals surface area (Å²) in [5, 5.41) is 3.17. The number of rotatable bonds is 2. The second kappa shape index (κ2) is 5.35. The van der Waals surface area contributed by atoms with Gasteiger partial charge in [-0.05, 0) is 37.3 Å². The van der Waals surface area contributed by atoms with E-state index in [4.69, 9.17) is 0 Å². The fourth-order valence-electron chi connectivity index (χ4n) is 2.66. The molecule has 2 nitrogen and oxygen atoms in total. The number of amides is 1. The molecule has 0 bridgehead atoms. The molecule has 1 N–H and O–H groups in total. The maximum atomic E-state index is 12.1. The first-order valence-corrected chi connectivity index (χ1v) is 6.53. The quantitative estimate of drug-likeness (QED) is 0.831. The van der Waals surface area contributed by atoms with Gasteiger partial charge in [-0.2, -0.15) is 0 Å². The number of hydrogen-bond acceptors (Lipinski definition) is 1. The van der Waals surface area contributed by atoms with E-state index < -0.39 is 0 Å². The first-order valence-electron chi connectivity index (χ1n) is 6.53. The van der Waals surface area contributed by atoms with Gasteiger partial charge in [0.25, 0.3) is 5.91 Å². The molecule has 2 heteroatoms. The van der Waals surface area contributed by atoms with Gasteiger partial charge >= 0.3 is 0 Å². The molecule has 1 saturated carbocycles. The summed E-state index contributed by atoms with van der Waals surface area (Å²) in [6, 6.07) is 8.14. The van der Waals surface area contributed by atoms with E-state index in [2.05, 4.69) is 12.2 Å². The molecule has 0 heterocycles. The minimum Gasteiger partial charge on any atom is -0.349 e. The lowest BCUT2D eigenvalue weighted by Gasteiger charge is -2.27. The second-order valence-electron chi connectivity index (χ2n) is 5.26. The van der Waals surface area contributed by atoms with E-state index >= 15 is 0 Å². The number of benzene rings is 1. The molecule has 1 aliphatic rings. The average molecular weight is 231 g/mol. The van der Waals surface area contributed by atoms with E-state index in [-0.39, 0.29) is 5.91 Å². The van der Waals surface area contributed by atoms with E-state index in [0.29, 0.717) is 6.04 Å². The summed E-state index contributed by atoms with van der Waals surface area (Å²) in [6.07, 6.45) is 4.79. The maximum absolute atomic E-state index is 12.1. The molecule has 1 fully saturated rings. The lowest BCUT2D eigenvalue weighted by atomic mass is 9.87. The van der Waals surface area contributed by atoms with Crippen LogP contribution in [0.4, 0.5) is 0 Å². The maximum Gasteiger partial charge on any atom is 0.251 e. The van der Waals surface area contributed by atoms with Crippen molar-refractivity contribution in [1.82, 2.24) is 5.32 Å². The van der Waals surface area contributed by atoms with Crippen LogP contribution < -0.4 is 5.32 Å². The van der Waals surface area contributed by atoms with Crippen LogP contribution in [-0.4, -0.2) is 11.9 Å². The second-order valence-corrected chi connectivity index (χ2v) is 5.26. The summed E-state index contributed by atoms with van der Waals surface area (Å²) in [6.45, 7) is 4.25. The minimum atomic E-state index is 0.0854. The van der Waals surface area contributed by atoms with Gasteiger partial charge in [0.05, 0.1) is 0 Å². The van der Waals surface area contributed by atoms with E-state index in [0.717, 1.165) is 29.9 Å². The van der Waals surface area contributed by atoms with Crippen LogP contribution >= 0.6 is 0 Å². The van der Waals surface area contributed by atoms with Crippen molar-refractivity contribution in [1.29, 1.82) is 0 Å². The summed E-state index contributed by atoms with van der Waals surface area (Å²) in [7, 11) is 0. The van der Waals surface area contributed by atoms with Crippen molar-refractivity contribution in [2.24, 2.45) is 5.92 Å². The van der Waals surface area contributed by atoms with Crippen molar-refractivity contribution in [2.45, 2.75) is 45.6 Å². The fourth-order valence-corrected chi connectivity index (χ4v) is 2.66. The third-order valence-corrected chi connectivity index (χ3v) is 3.66. The topological polar surface area (TPSA) is 29.1 Å². The summed E-state index contributed by atoms with van der Waals surface area (Å²) in [4.78, 5) is 12.1. The van der Waals surface area contributed by atoms with Crippen molar-refractivity contribution in [2.75, 3.05) is 0 Å². The molecule has 0 radical (unpaired) electrons. The van der Waals surface area contributed by atoms with E-state index in [9.17, 15) is 4.79 Å². The molecule has 1 aromatic rings. The van der Waals surface area contributed by atoms with Crippen LogP contribution in [0, 0.1) is 12.8 Å². The zero-order valence-corrected chi connectivity index (χ0v) is 10.7. The molecule has 0 spiro atoms. The highest BCUT2D eigenvalue weighted by Crippen LogP contribution is 2.23. The molecule has 0 unspecified atom stereocenters. The third kappa shape index (κ3) is 3.09. The van der Waals surface area contributed by atoms with Gasteiger partial charge in [0.2, 0.25) is 0 Å². The van der Waals surface area contributed by atoms with Crippen LogP contribution in [-0.2, 0) is 0 Å². The molecule has 2 atom stereocenters. The summed E-state index contributed by atoms with van der Waals surface area (Å²) in [5.41, 5.74) is 1.86. The van der Waals surface area contributed by atoms with Gasteiger partial charge in [0.1, 0.15) is 0 Å². The van der Waals surface area contributed by atoms with Crippen molar-refractivity contribution in [3.05, 3.63) is 35.4 Å². The molecule has 92 valence electrons. The molecular weight excluding hydrogens is 210 g/mol. The molecule has 2 rings (SSSR count). The van der Waals surface area contributed by atoms with Gasteiger partial charge in [-0.25, -0.2) is 0 Å². The highest BCUT2D eigenvalue weighted by atomic mass is 16.1. The molecular formula is C15H21NO. The van der Waals surface area contributed by atoms with Crippen molar-refractivity contribution >= 4 is 5.91 Å². The van der Waals surface area contributed by atoms with Gasteiger partial charge in [0, 0.05) is 11.6 Å². The monoisotopic (exact) mass is 231 g/mol. The zero-order chi connectivity index (χ0) is 12.3. The van der Waals surface area contributed by atoms with E-state index in [1.165, 1.54) is 12.8 Å². The van der Waals surface area contributed by atoms with Crippen LogP contribution in [0.5, 0.6) is 0 Å².